The highest BCUT2D eigenvalue weighted by Gasteiger charge is 2.15. The second-order valence-electron chi connectivity index (χ2n) is 6.63. The monoisotopic (exact) mass is 394 g/mol. The molecule has 2 N–H and O–H groups in total. The van der Waals surface area contributed by atoms with Crippen molar-refractivity contribution in [3.63, 3.8) is 0 Å². The molecular weight excluding hydrogens is 376 g/mol. The third kappa shape index (κ3) is 3.67. The Hall–Kier alpha value is -3.03. The van der Waals surface area contributed by atoms with Crippen LogP contribution in [0, 0.1) is 0 Å². The molecule has 0 saturated carbocycles. The van der Waals surface area contributed by atoms with E-state index in [2.05, 4.69) is 15.4 Å². The highest BCUT2D eigenvalue weighted by atomic mass is 35.5. The predicted molar refractivity (Wildman–Crippen MR) is 110 cm³/mol. The fourth-order valence-electron chi connectivity index (χ4n) is 2.90. The lowest BCUT2D eigenvalue weighted by atomic mass is 10.1. The molecule has 1 atom stereocenters. The van der Waals surface area contributed by atoms with E-state index in [0.29, 0.717) is 27.6 Å². The Bertz CT molecular complexity index is 1130. The molecule has 3 heterocycles. The third-order valence-corrected chi connectivity index (χ3v) is 4.56. The number of aliphatic hydroxyl groups excluding tert-OH is 1. The zero-order valence-corrected chi connectivity index (χ0v) is 16.2. The summed E-state index contributed by atoms with van der Waals surface area (Å²) in [5.74, 6) is 0.581. The molecular formula is C20H19ClN6O. The van der Waals surface area contributed by atoms with Crippen molar-refractivity contribution in [1.82, 2.24) is 24.7 Å². The van der Waals surface area contributed by atoms with Crippen molar-refractivity contribution in [2.75, 3.05) is 11.9 Å². The minimum Gasteiger partial charge on any atom is -0.394 e. The van der Waals surface area contributed by atoms with Gasteiger partial charge in [-0.25, -0.2) is 9.97 Å². The number of benzene rings is 1. The topological polar surface area (TPSA) is 88.8 Å². The smallest absolute Gasteiger partial charge is 0.160 e. The van der Waals surface area contributed by atoms with Crippen molar-refractivity contribution in [2.24, 2.45) is 7.05 Å². The summed E-state index contributed by atoms with van der Waals surface area (Å²) in [6, 6.07) is 9.23. The normalized spacial score (nSPS) is 12.3. The summed E-state index contributed by atoms with van der Waals surface area (Å²) in [5.41, 5.74) is 4.61. The van der Waals surface area contributed by atoms with Gasteiger partial charge < -0.3 is 10.4 Å². The van der Waals surface area contributed by atoms with Crippen LogP contribution in [0.5, 0.6) is 0 Å². The molecule has 4 aromatic rings. The highest BCUT2D eigenvalue weighted by molar-refractivity contribution is 6.30. The molecule has 0 radical (unpaired) electrons. The van der Waals surface area contributed by atoms with E-state index < -0.39 is 0 Å². The van der Waals surface area contributed by atoms with Crippen LogP contribution in [0.15, 0.2) is 48.9 Å². The van der Waals surface area contributed by atoms with Crippen molar-refractivity contribution < 1.29 is 5.11 Å². The number of nitrogens with zero attached hydrogens (tertiary/aromatic N) is 5. The Labute approximate surface area is 167 Å². The fraction of sp³-hybridized carbons (Fsp3) is 0.200. The van der Waals surface area contributed by atoms with Crippen molar-refractivity contribution in [1.29, 1.82) is 0 Å². The Kier molecular flexibility index (Phi) is 4.93. The molecule has 0 aliphatic heterocycles. The van der Waals surface area contributed by atoms with Gasteiger partial charge >= 0.3 is 0 Å². The summed E-state index contributed by atoms with van der Waals surface area (Å²) < 4.78 is 1.73. The fourth-order valence-corrected chi connectivity index (χ4v) is 3.03. The van der Waals surface area contributed by atoms with E-state index in [1.54, 1.807) is 17.1 Å². The van der Waals surface area contributed by atoms with Crippen LogP contribution in [0.2, 0.25) is 5.02 Å². The van der Waals surface area contributed by atoms with Crippen LogP contribution in [0.25, 0.3) is 33.7 Å². The molecule has 0 fully saturated rings. The molecule has 3 aromatic heterocycles. The maximum absolute atomic E-state index is 9.29. The van der Waals surface area contributed by atoms with Gasteiger partial charge in [0.1, 0.15) is 11.2 Å². The first-order valence-corrected chi connectivity index (χ1v) is 9.21. The molecule has 4 rings (SSSR count). The Morgan fingerprint density at radius 1 is 1.14 bits per heavy atom. The van der Waals surface area contributed by atoms with Gasteiger partial charge in [-0.3, -0.25) is 9.67 Å². The first-order chi connectivity index (χ1) is 13.5. The van der Waals surface area contributed by atoms with Gasteiger partial charge in [0.2, 0.25) is 0 Å². The molecule has 0 aliphatic rings. The number of aromatic nitrogens is 5. The van der Waals surface area contributed by atoms with Gasteiger partial charge in [0, 0.05) is 35.4 Å². The largest absolute Gasteiger partial charge is 0.394 e. The second-order valence-corrected chi connectivity index (χ2v) is 7.06. The maximum Gasteiger partial charge on any atom is 0.160 e. The summed E-state index contributed by atoms with van der Waals surface area (Å²) in [5, 5.41) is 17.4. The quantitative estimate of drug-likeness (QED) is 0.538. The maximum atomic E-state index is 9.29. The molecule has 28 heavy (non-hydrogen) atoms. The number of rotatable bonds is 5. The Morgan fingerprint density at radius 2 is 1.93 bits per heavy atom. The average Bonchev–Trinajstić information content (AvgIpc) is 3.13. The van der Waals surface area contributed by atoms with Crippen LogP contribution in [0.1, 0.15) is 6.92 Å². The van der Waals surface area contributed by atoms with E-state index in [0.717, 1.165) is 16.8 Å². The summed E-state index contributed by atoms with van der Waals surface area (Å²) in [7, 11) is 1.86. The van der Waals surface area contributed by atoms with Gasteiger partial charge in [0.05, 0.1) is 30.2 Å². The number of halogens is 1. The molecule has 0 amide bonds. The highest BCUT2D eigenvalue weighted by Crippen LogP contribution is 2.29. The molecule has 0 spiro atoms. The lowest BCUT2D eigenvalue weighted by molar-refractivity contribution is 0.281. The molecule has 142 valence electrons. The van der Waals surface area contributed by atoms with Crippen LogP contribution in [0.3, 0.4) is 0 Å². The van der Waals surface area contributed by atoms with E-state index in [1.165, 1.54) is 0 Å². The van der Waals surface area contributed by atoms with Crippen LogP contribution < -0.4 is 5.32 Å². The summed E-state index contributed by atoms with van der Waals surface area (Å²) in [6.45, 7) is 1.92. The van der Waals surface area contributed by atoms with Gasteiger partial charge in [-0.15, -0.1) is 0 Å². The predicted octanol–water partition coefficient (Wildman–Crippen LogP) is 3.54. The van der Waals surface area contributed by atoms with Crippen molar-refractivity contribution in [2.45, 2.75) is 13.0 Å². The number of hydrogen-bond donors (Lipinski definition) is 2. The van der Waals surface area contributed by atoms with E-state index in [1.807, 2.05) is 50.5 Å². The van der Waals surface area contributed by atoms with E-state index in [4.69, 9.17) is 21.6 Å². The van der Waals surface area contributed by atoms with Crippen molar-refractivity contribution in [3.8, 4) is 22.6 Å². The average molecular weight is 395 g/mol. The van der Waals surface area contributed by atoms with Gasteiger partial charge in [0.15, 0.2) is 5.82 Å². The summed E-state index contributed by atoms with van der Waals surface area (Å²) in [6.07, 6.45) is 5.38. The Morgan fingerprint density at radius 3 is 2.61 bits per heavy atom. The first-order valence-electron chi connectivity index (χ1n) is 8.83. The number of pyridine rings is 1. The van der Waals surface area contributed by atoms with Crippen LogP contribution in [-0.2, 0) is 7.05 Å². The number of anilines is 1. The lowest BCUT2D eigenvalue weighted by Gasteiger charge is -2.13. The van der Waals surface area contributed by atoms with Gasteiger partial charge in [-0.05, 0) is 37.3 Å². The molecule has 1 aromatic carbocycles. The third-order valence-electron chi connectivity index (χ3n) is 4.30. The number of hydrogen-bond acceptors (Lipinski definition) is 6. The molecule has 7 nitrogen and oxygen atoms in total. The number of aliphatic hydroxyl groups is 1. The molecule has 0 saturated heterocycles. The zero-order chi connectivity index (χ0) is 19.7. The minimum absolute atomic E-state index is 0.0266. The Balaban J connectivity index is 1.90. The number of nitrogens with one attached hydrogen (secondary N) is 1. The van der Waals surface area contributed by atoms with E-state index >= 15 is 0 Å². The van der Waals surface area contributed by atoms with Gasteiger partial charge in [-0.1, -0.05) is 11.6 Å². The van der Waals surface area contributed by atoms with E-state index in [-0.39, 0.29) is 12.6 Å². The van der Waals surface area contributed by atoms with Crippen LogP contribution in [0.4, 0.5) is 5.69 Å². The van der Waals surface area contributed by atoms with E-state index in [9.17, 15) is 5.11 Å². The zero-order valence-electron chi connectivity index (χ0n) is 15.5. The molecule has 0 aliphatic carbocycles. The molecule has 8 heteroatoms. The van der Waals surface area contributed by atoms with Gasteiger partial charge in [0.25, 0.3) is 0 Å². The van der Waals surface area contributed by atoms with Crippen LogP contribution >= 0.6 is 11.6 Å². The SMILES string of the molecule is C[C@@H](CO)Nc1cnc2c(-c3cnn(C)c3)nc(-c3ccc(Cl)cc3)nc2c1. The van der Waals surface area contributed by atoms with Gasteiger partial charge in [-0.2, -0.15) is 5.10 Å². The molecule has 0 bridgehead atoms. The van der Waals surface area contributed by atoms with Crippen molar-refractivity contribution >= 4 is 28.3 Å². The summed E-state index contributed by atoms with van der Waals surface area (Å²) in [4.78, 5) is 14.1. The standard InChI is InChI=1S/C20H19ClN6O/c1-12(11-28)24-16-7-17-19(22-9-16)18(14-8-23-27(2)10-14)26-20(25-17)13-3-5-15(21)6-4-13/h3-10,12,24,28H,11H2,1-2H3/t12-/m0/s1. The van der Waals surface area contributed by atoms with Crippen molar-refractivity contribution in [3.05, 3.63) is 53.9 Å². The minimum atomic E-state index is -0.0883. The van der Waals surface area contributed by atoms with Crippen LogP contribution in [-0.4, -0.2) is 42.5 Å². The first kappa shape index (κ1) is 18.3. The number of fused-ring (bicyclic) bond motifs is 1. The lowest BCUT2D eigenvalue weighted by Crippen LogP contribution is -2.19. The second kappa shape index (κ2) is 7.53. The summed E-state index contributed by atoms with van der Waals surface area (Å²) >= 11 is 6.02. The number of aryl methyl sites for hydroxylation is 1. The molecule has 0 unspecified atom stereocenters.